The third-order valence-corrected chi connectivity index (χ3v) is 7.27. The van der Waals surface area contributed by atoms with E-state index >= 15 is 0 Å². The number of thiazole rings is 1. The number of Topliss-reactive ketones (excluding diaryl/α,β-unsaturated/α-hetero) is 1. The molecule has 1 fully saturated rings. The number of benzene rings is 2. The first-order valence-electron chi connectivity index (χ1n) is 11.2. The van der Waals surface area contributed by atoms with Gasteiger partial charge in [-0.1, -0.05) is 12.1 Å². The van der Waals surface area contributed by atoms with Crippen molar-refractivity contribution in [1.82, 2.24) is 9.88 Å². The van der Waals surface area contributed by atoms with Gasteiger partial charge in [-0.3, -0.25) is 9.59 Å². The van der Waals surface area contributed by atoms with Gasteiger partial charge in [-0.2, -0.15) is 0 Å². The molecule has 7 heteroatoms. The first kappa shape index (κ1) is 20.9. The number of nitrogens with zero attached hydrogens (tertiary/aromatic N) is 2. The van der Waals surface area contributed by atoms with Crippen molar-refractivity contribution in [2.45, 2.75) is 38.0 Å². The highest BCUT2D eigenvalue weighted by Crippen LogP contribution is 2.34. The van der Waals surface area contributed by atoms with E-state index in [4.69, 9.17) is 14.5 Å². The number of hydrogen-bond acceptors (Lipinski definition) is 6. The van der Waals surface area contributed by atoms with E-state index in [2.05, 4.69) is 6.07 Å². The molecule has 2 aliphatic heterocycles. The largest absolute Gasteiger partial charge is 0.490 e. The van der Waals surface area contributed by atoms with Crippen molar-refractivity contribution in [1.29, 1.82) is 0 Å². The number of amides is 1. The second kappa shape index (κ2) is 9.28. The number of ether oxygens (including phenoxy) is 2. The van der Waals surface area contributed by atoms with Crippen LogP contribution < -0.4 is 9.47 Å². The first-order chi connectivity index (χ1) is 15.7. The van der Waals surface area contributed by atoms with Crippen LogP contribution in [0.3, 0.4) is 0 Å². The summed E-state index contributed by atoms with van der Waals surface area (Å²) in [7, 11) is 0. The fourth-order valence-corrected chi connectivity index (χ4v) is 5.42. The van der Waals surface area contributed by atoms with Gasteiger partial charge in [0.05, 0.1) is 28.4 Å². The van der Waals surface area contributed by atoms with Crippen LogP contribution in [-0.2, 0) is 4.79 Å². The smallest absolute Gasteiger partial charge is 0.223 e. The zero-order valence-electron chi connectivity index (χ0n) is 17.9. The summed E-state index contributed by atoms with van der Waals surface area (Å²) >= 11 is 1.72. The highest BCUT2D eigenvalue weighted by Gasteiger charge is 2.27. The monoisotopic (exact) mass is 450 g/mol. The summed E-state index contributed by atoms with van der Waals surface area (Å²) in [6.45, 7) is 2.62. The molecule has 0 spiro atoms. The Bertz CT molecular complexity index is 1110. The Balaban J connectivity index is 1.19. The van der Waals surface area contributed by atoms with Crippen LogP contribution in [0.4, 0.5) is 0 Å². The fourth-order valence-electron chi connectivity index (χ4n) is 4.33. The third kappa shape index (κ3) is 4.48. The molecule has 0 N–H and O–H groups in total. The van der Waals surface area contributed by atoms with Crippen molar-refractivity contribution < 1.29 is 19.1 Å². The van der Waals surface area contributed by atoms with Crippen LogP contribution in [0.15, 0.2) is 42.5 Å². The van der Waals surface area contributed by atoms with Crippen LogP contribution in [0.5, 0.6) is 11.5 Å². The van der Waals surface area contributed by atoms with Gasteiger partial charge in [0.15, 0.2) is 17.3 Å². The molecule has 166 valence electrons. The lowest BCUT2D eigenvalue weighted by atomic mass is 9.98. The lowest BCUT2D eigenvalue weighted by Crippen LogP contribution is -2.39. The Morgan fingerprint density at radius 1 is 1.03 bits per heavy atom. The van der Waals surface area contributed by atoms with Gasteiger partial charge in [-0.15, -0.1) is 11.3 Å². The van der Waals surface area contributed by atoms with E-state index in [1.165, 1.54) is 4.70 Å². The van der Waals surface area contributed by atoms with E-state index in [1.54, 1.807) is 29.5 Å². The van der Waals surface area contributed by atoms with Crippen LogP contribution in [0, 0.1) is 0 Å². The van der Waals surface area contributed by atoms with E-state index in [1.807, 2.05) is 23.1 Å². The molecule has 32 heavy (non-hydrogen) atoms. The Kier molecular flexibility index (Phi) is 6.08. The van der Waals surface area contributed by atoms with E-state index in [-0.39, 0.29) is 30.4 Å². The number of aromatic nitrogens is 1. The van der Waals surface area contributed by atoms with Gasteiger partial charge in [0.1, 0.15) is 0 Å². The van der Waals surface area contributed by atoms with Crippen LogP contribution >= 0.6 is 11.3 Å². The summed E-state index contributed by atoms with van der Waals surface area (Å²) in [6.07, 6.45) is 3.24. The van der Waals surface area contributed by atoms with Gasteiger partial charge in [-0.25, -0.2) is 4.98 Å². The van der Waals surface area contributed by atoms with E-state index < -0.39 is 0 Å². The van der Waals surface area contributed by atoms with Crippen molar-refractivity contribution in [2.24, 2.45) is 0 Å². The molecule has 5 rings (SSSR count). The molecule has 0 radical (unpaired) electrons. The normalized spacial score (nSPS) is 18.4. The highest BCUT2D eigenvalue weighted by atomic mass is 32.1. The van der Waals surface area contributed by atoms with Gasteiger partial charge in [0.2, 0.25) is 5.91 Å². The van der Waals surface area contributed by atoms with Crippen LogP contribution in [0.2, 0.25) is 0 Å². The quantitative estimate of drug-likeness (QED) is 0.521. The molecule has 2 aromatic carbocycles. The predicted molar refractivity (Wildman–Crippen MR) is 124 cm³/mol. The maximum atomic E-state index is 12.9. The maximum Gasteiger partial charge on any atom is 0.223 e. The number of fused-ring (bicyclic) bond motifs is 2. The van der Waals surface area contributed by atoms with Crippen molar-refractivity contribution >= 4 is 33.2 Å². The van der Waals surface area contributed by atoms with Gasteiger partial charge in [0, 0.05) is 43.8 Å². The number of rotatable bonds is 5. The van der Waals surface area contributed by atoms with Gasteiger partial charge in [-0.05, 0) is 43.2 Å². The summed E-state index contributed by atoms with van der Waals surface area (Å²) in [4.78, 5) is 32.3. The van der Waals surface area contributed by atoms with Gasteiger partial charge < -0.3 is 14.4 Å². The average molecular weight is 451 g/mol. The molecular weight excluding hydrogens is 424 g/mol. The molecule has 0 bridgehead atoms. The molecule has 1 atom stereocenters. The minimum Gasteiger partial charge on any atom is -0.490 e. The molecule has 1 saturated heterocycles. The number of carbonyl (C=O) groups is 2. The summed E-state index contributed by atoms with van der Waals surface area (Å²) in [5, 5.41) is 1.10. The number of ketones is 1. The highest BCUT2D eigenvalue weighted by molar-refractivity contribution is 7.18. The molecule has 0 aliphatic carbocycles. The molecular formula is C25H26N2O4S. The van der Waals surface area contributed by atoms with Crippen molar-refractivity contribution in [2.75, 3.05) is 26.3 Å². The van der Waals surface area contributed by atoms with Crippen molar-refractivity contribution in [3.63, 3.8) is 0 Å². The Hall–Kier alpha value is -2.93. The second-order valence-corrected chi connectivity index (χ2v) is 9.40. The third-order valence-electron chi connectivity index (χ3n) is 6.07. The van der Waals surface area contributed by atoms with E-state index in [0.29, 0.717) is 36.8 Å². The van der Waals surface area contributed by atoms with Crippen molar-refractivity contribution in [3.05, 3.63) is 53.0 Å². The molecule has 0 saturated carbocycles. The minimum absolute atomic E-state index is 0.0403. The van der Waals surface area contributed by atoms with Crippen molar-refractivity contribution in [3.8, 4) is 11.5 Å². The number of hydrogen-bond donors (Lipinski definition) is 0. The zero-order valence-corrected chi connectivity index (χ0v) is 18.7. The lowest BCUT2D eigenvalue weighted by Gasteiger charge is -2.32. The van der Waals surface area contributed by atoms with Gasteiger partial charge >= 0.3 is 0 Å². The lowest BCUT2D eigenvalue weighted by molar-refractivity contribution is -0.132. The molecule has 2 aliphatic rings. The summed E-state index contributed by atoms with van der Waals surface area (Å²) in [6, 6.07) is 13.4. The molecule has 1 unspecified atom stereocenters. The summed E-state index contributed by atoms with van der Waals surface area (Å²) < 4.78 is 12.5. The zero-order chi connectivity index (χ0) is 21.9. The van der Waals surface area contributed by atoms with Gasteiger partial charge in [0.25, 0.3) is 0 Å². The summed E-state index contributed by atoms with van der Waals surface area (Å²) in [5.74, 6) is 1.54. The molecule has 3 aromatic rings. The van der Waals surface area contributed by atoms with E-state index in [9.17, 15) is 9.59 Å². The van der Waals surface area contributed by atoms with E-state index in [0.717, 1.165) is 36.3 Å². The standard InChI is InChI=1S/C25H26N2O4S/c28-20(17-8-10-21-22(15-17)31-14-4-13-30-21)9-11-24(29)27-12-3-5-18(16-27)25-26-19-6-1-2-7-23(19)32-25/h1-2,6-8,10,15,18H,3-5,9,11-14,16H2. The SMILES string of the molecule is O=C(CCC(=O)N1CCCC(c2nc3ccccc3s2)C1)c1ccc2c(c1)OCCCO2. The Morgan fingerprint density at radius 2 is 1.88 bits per heavy atom. The minimum atomic E-state index is -0.0475. The fraction of sp³-hybridized carbons (Fsp3) is 0.400. The second-order valence-electron chi connectivity index (χ2n) is 8.33. The summed E-state index contributed by atoms with van der Waals surface area (Å²) in [5.41, 5.74) is 1.59. The number of likely N-dealkylation sites (tertiary alicyclic amines) is 1. The van der Waals surface area contributed by atoms with Crippen LogP contribution in [0.1, 0.15) is 53.4 Å². The number of piperidine rings is 1. The predicted octanol–water partition coefficient (Wildman–Crippen LogP) is 4.83. The Morgan fingerprint density at radius 3 is 2.75 bits per heavy atom. The first-order valence-corrected chi connectivity index (χ1v) is 12.0. The molecule has 3 heterocycles. The molecule has 1 aromatic heterocycles. The maximum absolute atomic E-state index is 12.9. The van der Waals surface area contributed by atoms with Crippen LogP contribution in [-0.4, -0.2) is 47.9 Å². The van der Waals surface area contributed by atoms with Crippen LogP contribution in [0.25, 0.3) is 10.2 Å². The Labute approximate surface area is 191 Å². The molecule has 1 amide bonds. The average Bonchev–Trinajstić information content (AvgIpc) is 3.13. The number of carbonyl (C=O) groups excluding carboxylic acids is 2. The molecule has 6 nitrogen and oxygen atoms in total. The topological polar surface area (TPSA) is 68.7 Å². The number of para-hydroxylation sites is 1.